The fourth-order valence-corrected chi connectivity index (χ4v) is 2.45. The topological polar surface area (TPSA) is 73.6 Å². The second-order valence-corrected chi connectivity index (χ2v) is 5.38. The standard InChI is InChI=1S/C12H18N2O3S/c1-16-12(15)11-9(13)6-10(18-11)14-4-5-17-7-8-2-3-8/h6,8,14H,2-5,7,13H2,1H3. The van der Waals surface area contributed by atoms with Gasteiger partial charge in [-0.3, -0.25) is 0 Å². The van der Waals surface area contributed by atoms with Crippen molar-refractivity contribution in [3.8, 4) is 0 Å². The minimum atomic E-state index is -0.393. The lowest BCUT2D eigenvalue weighted by Gasteiger charge is -2.04. The third kappa shape index (κ3) is 3.61. The molecule has 5 nitrogen and oxygen atoms in total. The molecule has 3 N–H and O–H groups in total. The second-order valence-electron chi connectivity index (χ2n) is 4.33. The molecule has 0 bridgehead atoms. The highest BCUT2D eigenvalue weighted by Gasteiger charge is 2.20. The third-order valence-corrected chi connectivity index (χ3v) is 3.82. The molecule has 0 unspecified atom stereocenters. The smallest absolute Gasteiger partial charge is 0.350 e. The van der Waals surface area contributed by atoms with E-state index in [1.54, 1.807) is 6.07 Å². The van der Waals surface area contributed by atoms with Crippen LogP contribution in [0.15, 0.2) is 6.07 Å². The first-order valence-corrected chi connectivity index (χ1v) is 6.81. The number of nitrogens with one attached hydrogen (secondary N) is 1. The maximum Gasteiger partial charge on any atom is 0.350 e. The molecular formula is C12H18N2O3S. The van der Waals surface area contributed by atoms with Gasteiger partial charge in [0.25, 0.3) is 0 Å². The van der Waals surface area contributed by atoms with Crippen molar-refractivity contribution in [3.63, 3.8) is 0 Å². The number of nitrogen functional groups attached to an aromatic ring is 1. The molecule has 1 aliphatic carbocycles. The molecule has 0 amide bonds. The summed E-state index contributed by atoms with van der Waals surface area (Å²) in [4.78, 5) is 11.8. The average Bonchev–Trinajstić information content (AvgIpc) is 3.11. The number of hydrogen-bond acceptors (Lipinski definition) is 6. The van der Waals surface area contributed by atoms with Crippen molar-refractivity contribution in [3.05, 3.63) is 10.9 Å². The number of ether oxygens (including phenoxy) is 2. The normalized spacial score (nSPS) is 14.5. The number of anilines is 2. The molecule has 0 saturated heterocycles. The molecule has 0 aromatic carbocycles. The molecule has 2 rings (SSSR count). The Bertz CT molecular complexity index is 415. The number of esters is 1. The summed E-state index contributed by atoms with van der Waals surface area (Å²) in [5.74, 6) is 0.392. The Balaban J connectivity index is 1.73. The van der Waals surface area contributed by atoms with Crippen LogP contribution in [0.25, 0.3) is 0 Å². The fraction of sp³-hybridized carbons (Fsp3) is 0.583. The lowest BCUT2D eigenvalue weighted by atomic mass is 10.4. The fourth-order valence-electron chi connectivity index (χ4n) is 1.53. The molecule has 0 aliphatic heterocycles. The number of carbonyl (C=O) groups excluding carboxylic acids is 1. The maximum atomic E-state index is 11.4. The molecule has 0 radical (unpaired) electrons. The van der Waals surface area contributed by atoms with Crippen LogP contribution >= 0.6 is 11.3 Å². The summed E-state index contributed by atoms with van der Waals surface area (Å²) in [6.45, 7) is 2.25. The first-order valence-electron chi connectivity index (χ1n) is 6.00. The van der Waals surface area contributed by atoms with Crippen LogP contribution in [0.2, 0.25) is 0 Å². The number of thiophene rings is 1. The van der Waals surface area contributed by atoms with E-state index in [-0.39, 0.29) is 0 Å². The summed E-state index contributed by atoms with van der Waals surface area (Å²) in [7, 11) is 1.35. The zero-order valence-corrected chi connectivity index (χ0v) is 11.2. The largest absolute Gasteiger partial charge is 0.465 e. The van der Waals surface area contributed by atoms with Crippen LogP contribution < -0.4 is 11.1 Å². The lowest BCUT2D eigenvalue weighted by Crippen LogP contribution is -2.09. The van der Waals surface area contributed by atoms with Crippen LogP contribution in [0.3, 0.4) is 0 Å². The number of nitrogens with two attached hydrogens (primary N) is 1. The van der Waals surface area contributed by atoms with Crippen molar-refractivity contribution < 1.29 is 14.3 Å². The van der Waals surface area contributed by atoms with Gasteiger partial charge >= 0.3 is 5.97 Å². The zero-order valence-electron chi connectivity index (χ0n) is 10.4. The molecule has 0 spiro atoms. The molecule has 1 fully saturated rings. The highest BCUT2D eigenvalue weighted by atomic mass is 32.1. The second kappa shape index (κ2) is 6.06. The van der Waals surface area contributed by atoms with Crippen molar-refractivity contribution in [2.24, 2.45) is 5.92 Å². The Labute approximate surface area is 110 Å². The predicted octanol–water partition coefficient (Wildman–Crippen LogP) is 1.96. The summed E-state index contributed by atoms with van der Waals surface area (Å²) in [6.07, 6.45) is 2.61. The van der Waals surface area contributed by atoms with E-state index >= 15 is 0 Å². The van der Waals surface area contributed by atoms with Gasteiger partial charge in [0.05, 0.1) is 24.4 Å². The van der Waals surface area contributed by atoms with Crippen LogP contribution in [0.1, 0.15) is 22.5 Å². The molecule has 1 aromatic heterocycles. The molecule has 1 heterocycles. The molecule has 18 heavy (non-hydrogen) atoms. The number of hydrogen-bond donors (Lipinski definition) is 2. The van der Waals surface area contributed by atoms with E-state index in [1.807, 2.05) is 0 Å². The van der Waals surface area contributed by atoms with Crippen LogP contribution in [0.4, 0.5) is 10.7 Å². The summed E-state index contributed by atoms with van der Waals surface area (Å²) in [5, 5.41) is 4.05. The van der Waals surface area contributed by atoms with Crippen LogP contribution in [0, 0.1) is 5.92 Å². The molecule has 100 valence electrons. The van der Waals surface area contributed by atoms with Crippen molar-refractivity contribution in [2.45, 2.75) is 12.8 Å². The molecular weight excluding hydrogens is 252 g/mol. The van der Waals surface area contributed by atoms with Gasteiger partial charge in [-0.1, -0.05) is 0 Å². The van der Waals surface area contributed by atoms with Crippen molar-refractivity contribution in [2.75, 3.05) is 37.9 Å². The summed E-state index contributed by atoms with van der Waals surface area (Å²) in [5.41, 5.74) is 6.19. The summed E-state index contributed by atoms with van der Waals surface area (Å²) >= 11 is 1.30. The number of rotatable bonds is 7. The Kier molecular flexibility index (Phi) is 4.43. The van der Waals surface area contributed by atoms with Gasteiger partial charge in [0, 0.05) is 13.2 Å². The quantitative estimate of drug-likeness (QED) is 0.585. The van der Waals surface area contributed by atoms with E-state index in [9.17, 15) is 4.79 Å². The lowest BCUT2D eigenvalue weighted by molar-refractivity contribution is 0.0607. The Hall–Kier alpha value is -1.27. The molecule has 6 heteroatoms. The van der Waals surface area contributed by atoms with E-state index in [4.69, 9.17) is 10.5 Å². The maximum absolute atomic E-state index is 11.4. The van der Waals surface area contributed by atoms with Crippen LogP contribution in [0.5, 0.6) is 0 Å². The van der Waals surface area contributed by atoms with E-state index in [0.717, 1.165) is 17.5 Å². The van der Waals surface area contributed by atoms with Gasteiger partial charge in [-0.05, 0) is 24.8 Å². The monoisotopic (exact) mass is 270 g/mol. The van der Waals surface area contributed by atoms with Crippen molar-refractivity contribution >= 4 is 28.0 Å². The minimum Gasteiger partial charge on any atom is -0.465 e. The number of methoxy groups -OCH3 is 1. The van der Waals surface area contributed by atoms with Crippen LogP contribution in [-0.2, 0) is 9.47 Å². The van der Waals surface area contributed by atoms with Gasteiger partial charge in [-0.15, -0.1) is 11.3 Å². The summed E-state index contributed by atoms with van der Waals surface area (Å²) in [6, 6.07) is 1.75. The molecule has 1 aliphatic rings. The minimum absolute atomic E-state index is 0.393. The highest BCUT2D eigenvalue weighted by Crippen LogP contribution is 2.30. The Morgan fingerprint density at radius 1 is 1.61 bits per heavy atom. The first kappa shape index (κ1) is 13.2. The first-order chi connectivity index (χ1) is 8.70. The van der Waals surface area contributed by atoms with Gasteiger partial charge in [-0.25, -0.2) is 4.79 Å². The molecule has 1 saturated carbocycles. The van der Waals surface area contributed by atoms with Gasteiger partial charge < -0.3 is 20.5 Å². The van der Waals surface area contributed by atoms with Crippen molar-refractivity contribution in [1.82, 2.24) is 0 Å². The van der Waals surface area contributed by atoms with Gasteiger partial charge in [0.2, 0.25) is 0 Å². The predicted molar refractivity (Wildman–Crippen MR) is 72.1 cm³/mol. The van der Waals surface area contributed by atoms with Crippen LogP contribution in [-0.4, -0.2) is 32.8 Å². The highest BCUT2D eigenvalue weighted by molar-refractivity contribution is 7.18. The Morgan fingerprint density at radius 2 is 2.39 bits per heavy atom. The average molecular weight is 270 g/mol. The van der Waals surface area contributed by atoms with E-state index in [2.05, 4.69) is 10.1 Å². The summed E-state index contributed by atoms with van der Waals surface area (Å²) < 4.78 is 10.1. The van der Waals surface area contributed by atoms with E-state index in [0.29, 0.717) is 23.7 Å². The zero-order chi connectivity index (χ0) is 13.0. The van der Waals surface area contributed by atoms with Crippen molar-refractivity contribution in [1.29, 1.82) is 0 Å². The molecule has 0 atom stereocenters. The van der Waals surface area contributed by atoms with E-state index < -0.39 is 5.97 Å². The van der Waals surface area contributed by atoms with E-state index in [1.165, 1.54) is 31.3 Å². The SMILES string of the molecule is COC(=O)c1sc(NCCOCC2CC2)cc1N. The third-order valence-electron chi connectivity index (χ3n) is 2.73. The van der Waals surface area contributed by atoms with Gasteiger partial charge in [-0.2, -0.15) is 0 Å². The molecule has 1 aromatic rings. The van der Waals surface area contributed by atoms with Gasteiger partial charge in [0.15, 0.2) is 0 Å². The Morgan fingerprint density at radius 3 is 3.06 bits per heavy atom. The van der Waals surface area contributed by atoms with Gasteiger partial charge in [0.1, 0.15) is 4.88 Å². The number of carbonyl (C=O) groups is 1.